The largest absolute Gasteiger partial charge is 0.460 e. The number of hydrogen-bond donors (Lipinski definition) is 2. The minimum atomic E-state index is -0.688. The van der Waals surface area contributed by atoms with Crippen molar-refractivity contribution in [3.8, 4) is 0 Å². The summed E-state index contributed by atoms with van der Waals surface area (Å²) in [6, 6.07) is -0.688. The number of nitrogens with two attached hydrogens (primary N) is 1. The van der Waals surface area contributed by atoms with Crippen LogP contribution in [-0.2, 0) is 14.3 Å². The van der Waals surface area contributed by atoms with E-state index < -0.39 is 12.0 Å². The summed E-state index contributed by atoms with van der Waals surface area (Å²) in [4.78, 5) is 20.8. The maximum absolute atomic E-state index is 11.0. The number of esters is 1. The highest BCUT2D eigenvalue weighted by molar-refractivity contribution is 5.75. The molecule has 0 rings (SSSR count). The first kappa shape index (κ1) is 11.6. The Labute approximate surface area is 76.9 Å². The fraction of sp³-hybridized carbons (Fsp3) is 0.500. The van der Waals surface area contributed by atoms with Crippen molar-refractivity contribution in [2.24, 2.45) is 5.73 Å². The van der Waals surface area contributed by atoms with Gasteiger partial charge in [-0.15, -0.1) is 0 Å². The zero-order valence-electron chi connectivity index (χ0n) is 7.36. The third kappa shape index (κ3) is 5.86. The molecule has 74 valence electrons. The Balaban J connectivity index is 3.55. The summed E-state index contributed by atoms with van der Waals surface area (Å²) in [7, 11) is 0. The molecule has 0 spiro atoms. The van der Waals surface area contributed by atoms with Crippen LogP contribution in [0.4, 0.5) is 0 Å². The van der Waals surface area contributed by atoms with Gasteiger partial charge in [-0.3, -0.25) is 9.59 Å². The highest BCUT2D eigenvalue weighted by Crippen LogP contribution is 1.90. The number of carbonyl (C=O) groups excluding carboxylic acids is 2. The quantitative estimate of drug-likeness (QED) is 0.235. The van der Waals surface area contributed by atoms with Gasteiger partial charge in [-0.1, -0.05) is 12.7 Å². The lowest BCUT2D eigenvalue weighted by molar-refractivity contribution is -0.144. The first-order valence-corrected chi connectivity index (χ1v) is 3.92. The average Bonchev–Trinajstić information content (AvgIpc) is 2.14. The molecule has 5 nitrogen and oxygen atoms in total. The van der Waals surface area contributed by atoms with Crippen LogP contribution in [0.15, 0.2) is 12.7 Å². The predicted molar refractivity (Wildman–Crippen MR) is 47.8 cm³/mol. The van der Waals surface area contributed by atoms with Crippen LogP contribution in [0.2, 0.25) is 0 Å². The number of hydrogen-bond acceptors (Lipinski definition) is 4. The van der Waals surface area contributed by atoms with Gasteiger partial charge in [-0.25, -0.2) is 0 Å². The number of nitrogens with one attached hydrogen (secondary N) is 1. The maximum Gasteiger partial charge on any atom is 0.323 e. The lowest BCUT2D eigenvalue weighted by Gasteiger charge is -2.09. The third-order valence-corrected chi connectivity index (χ3v) is 1.33. The second-order valence-corrected chi connectivity index (χ2v) is 2.39. The van der Waals surface area contributed by atoms with Crippen molar-refractivity contribution in [1.29, 1.82) is 0 Å². The second kappa shape index (κ2) is 7.30. The molecule has 0 radical (unpaired) electrons. The summed E-state index contributed by atoms with van der Waals surface area (Å²) in [5.74, 6) is -0.479. The molecule has 0 aromatic heterocycles. The Hall–Kier alpha value is -1.36. The van der Waals surface area contributed by atoms with Crippen LogP contribution in [0, 0.1) is 0 Å². The number of carbonyl (C=O) groups is 2. The van der Waals surface area contributed by atoms with E-state index in [1.165, 1.54) is 6.08 Å². The van der Waals surface area contributed by atoms with Crippen molar-refractivity contribution in [3.63, 3.8) is 0 Å². The van der Waals surface area contributed by atoms with Gasteiger partial charge in [0.25, 0.3) is 0 Å². The molecule has 0 saturated carbocycles. The predicted octanol–water partition coefficient (Wildman–Crippen LogP) is -0.821. The van der Waals surface area contributed by atoms with Gasteiger partial charge in [-0.2, -0.15) is 0 Å². The molecule has 0 aliphatic heterocycles. The Morgan fingerprint density at radius 2 is 2.38 bits per heavy atom. The number of amides is 1. The Kier molecular flexibility index (Phi) is 6.53. The van der Waals surface area contributed by atoms with Crippen molar-refractivity contribution in [3.05, 3.63) is 12.7 Å². The second-order valence-electron chi connectivity index (χ2n) is 2.39. The van der Waals surface area contributed by atoms with E-state index in [4.69, 9.17) is 5.73 Å². The lowest BCUT2D eigenvalue weighted by Crippen LogP contribution is -2.35. The molecule has 0 bridgehead atoms. The van der Waals surface area contributed by atoms with Crippen molar-refractivity contribution in [1.82, 2.24) is 5.32 Å². The topological polar surface area (TPSA) is 81.4 Å². The van der Waals surface area contributed by atoms with Crippen molar-refractivity contribution >= 4 is 12.4 Å². The molecule has 0 saturated heterocycles. The van der Waals surface area contributed by atoms with Gasteiger partial charge in [0.1, 0.15) is 12.6 Å². The molecule has 0 heterocycles. The van der Waals surface area contributed by atoms with Crippen molar-refractivity contribution in [2.45, 2.75) is 12.5 Å². The van der Waals surface area contributed by atoms with E-state index in [-0.39, 0.29) is 6.61 Å². The molecule has 13 heavy (non-hydrogen) atoms. The Morgan fingerprint density at radius 1 is 1.69 bits per heavy atom. The summed E-state index contributed by atoms with van der Waals surface area (Å²) in [5, 5.41) is 2.40. The van der Waals surface area contributed by atoms with Crippen molar-refractivity contribution in [2.75, 3.05) is 13.2 Å². The van der Waals surface area contributed by atoms with Crippen LogP contribution in [0.3, 0.4) is 0 Å². The molecule has 1 atom stereocenters. The van der Waals surface area contributed by atoms with Gasteiger partial charge in [0.15, 0.2) is 0 Å². The van der Waals surface area contributed by atoms with E-state index in [2.05, 4.69) is 16.6 Å². The minimum Gasteiger partial charge on any atom is -0.460 e. The molecular formula is C8H14N2O3. The zero-order chi connectivity index (χ0) is 10.1. The van der Waals surface area contributed by atoms with Crippen LogP contribution in [0.25, 0.3) is 0 Å². The summed E-state index contributed by atoms with van der Waals surface area (Å²) >= 11 is 0. The molecule has 0 aliphatic carbocycles. The monoisotopic (exact) mass is 186 g/mol. The fourth-order valence-corrected chi connectivity index (χ4v) is 0.664. The third-order valence-electron chi connectivity index (χ3n) is 1.33. The minimum absolute atomic E-state index is 0.160. The molecule has 0 unspecified atom stereocenters. The number of rotatable bonds is 7. The Morgan fingerprint density at radius 3 is 2.92 bits per heavy atom. The molecule has 3 N–H and O–H groups in total. The first-order valence-electron chi connectivity index (χ1n) is 3.92. The molecule has 5 heteroatoms. The molecule has 0 aromatic carbocycles. The van der Waals surface area contributed by atoms with E-state index in [0.29, 0.717) is 19.4 Å². The molecule has 1 amide bonds. The summed E-state index contributed by atoms with van der Waals surface area (Å²) in [6.07, 6.45) is 2.39. The van der Waals surface area contributed by atoms with Crippen LogP contribution in [0.1, 0.15) is 6.42 Å². The van der Waals surface area contributed by atoms with E-state index in [9.17, 15) is 9.59 Å². The summed E-state index contributed by atoms with van der Waals surface area (Å²) < 4.78 is 4.69. The first-order chi connectivity index (χ1) is 6.22. The van der Waals surface area contributed by atoms with Gasteiger partial charge in [0, 0.05) is 6.54 Å². The van der Waals surface area contributed by atoms with Crippen LogP contribution >= 0.6 is 0 Å². The van der Waals surface area contributed by atoms with Gasteiger partial charge in [0.05, 0.1) is 0 Å². The van der Waals surface area contributed by atoms with Gasteiger partial charge < -0.3 is 15.8 Å². The van der Waals surface area contributed by atoms with Crippen LogP contribution in [0.5, 0.6) is 0 Å². The zero-order valence-corrected chi connectivity index (χ0v) is 7.36. The average molecular weight is 186 g/mol. The Bertz CT molecular complexity index is 182. The van der Waals surface area contributed by atoms with E-state index in [1.807, 2.05) is 0 Å². The highest BCUT2D eigenvalue weighted by atomic mass is 16.5. The van der Waals surface area contributed by atoms with Gasteiger partial charge in [-0.05, 0) is 6.42 Å². The highest BCUT2D eigenvalue weighted by Gasteiger charge is 2.13. The normalized spacial score (nSPS) is 11.5. The standard InChI is InChI=1S/C8H14N2O3/c1-2-5-13-8(12)7(9)3-4-10-6-11/h2,6-7H,1,3-5,9H2,(H,10,11)/t7-/m0/s1. The number of ether oxygens (including phenoxy) is 1. The lowest BCUT2D eigenvalue weighted by atomic mass is 10.2. The smallest absolute Gasteiger partial charge is 0.323 e. The van der Waals surface area contributed by atoms with Crippen LogP contribution in [-0.4, -0.2) is 31.6 Å². The van der Waals surface area contributed by atoms with E-state index in [1.54, 1.807) is 0 Å². The van der Waals surface area contributed by atoms with Crippen LogP contribution < -0.4 is 11.1 Å². The summed E-state index contributed by atoms with van der Waals surface area (Å²) in [6.45, 7) is 3.92. The molecule has 0 aliphatic rings. The van der Waals surface area contributed by atoms with E-state index in [0.717, 1.165) is 0 Å². The molecular weight excluding hydrogens is 172 g/mol. The van der Waals surface area contributed by atoms with Crippen molar-refractivity contribution < 1.29 is 14.3 Å². The molecule has 0 aromatic rings. The van der Waals surface area contributed by atoms with E-state index >= 15 is 0 Å². The molecule has 0 fully saturated rings. The fourth-order valence-electron chi connectivity index (χ4n) is 0.664. The SMILES string of the molecule is C=CCOC(=O)[C@@H](N)CCNC=O. The maximum atomic E-state index is 11.0. The summed E-state index contributed by atoms with van der Waals surface area (Å²) in [5.41, 5.74) is 5.43. The van der Waals surface area contributed by atoms with Gasteiger partial charge >= 0.3 is 5.97 Å². The van der Waals surface area contributed by atoms with Gasteiger partial charge in [0.2, 0.25) is 6.41 Å².